The Balaban J connectivity index is 1.36. The van der Waals surface area contributed by atoms with E-state index in [2.05, 4.69) is 5.32 Å². The molecule has 0 spiro atoms. The molecule has 2 aromatic heterocycles. The van der Waals surface area contributed by atoms with E-state index in [1.54, 1.807) is 30.3 Å². The maximum absolute atomic E-state index is 13.6. The first-order chi connectivity index (χ1) is 18.1. The molecule has 1 aliphatic rings. The number of fused-ring (bicyclic) bond motifs is 1. The van der Waals surface area contributed by atoms with Crippen molar-refractivity contribution in [1.29, 1.82) is 0 Å². The molecule has 1 saturated heterocycles. The van der Waals surface area contributed by atoms with Gasteiger partial charge in [0.05, 0.1) is 17.1 Å². The van der Waals surface area contributed by atoms with Crippen molar-refractivity contribution in [2.45, 2.75) is 0 Å². The van der Waals surface area contributed by atoms with Gasteiger partial charge in [-0.1, -0.05) is 48.5 Å². The van der Waals surface area contributed by atoms with Crippen LogP contribution in [0, 0.1) is 0 Å². The van der Waals surface area contributed by atoms with Crippen molar-refractivity contribution in [2.24, 2.45) is 0 Å². The third-order valence-corrected chi connectivity index (χ3v) is 6.84. The standard InChI is InChI=1S/C28H18N4O3S2/c33-25-22(17-23-24(18-7-3-1-4-8-18)29-28-31(23)15-16-37-28)26(34)32(27(36)30-25)19-11-13-21(14-12-19)35-20-9-5-2-6-10-20/h1-17H,(H,30,33,36)/b22-17+. The average Bonchev–Trinajstić information content (AvgIpc) is 3.51. The molecule has 1 fully saturated rings. The quantitative estimate of drug-likeness (QED) is 0.182. The van der Waals surface area contributed by atoms with Crippen LogP contribution in [0.4, 0.5) is 5.69 Å². The molecule has 0 aliphatic carbocycles. The Morgan fingerprint density at radius 3 is 2.30 bits per heavy atom. The summed E-state index contributed by atoms with van der Waals surface area (Å²) in [5.74, 6) is 0.234. The van der Waals surface area contributed by atoms with Crippen LogP contribution in [-0.2, 0) is 9.59 Å². The molecule has 6 rings (SSSR count). The van der Waals surface area contributed by atoms with Gasteiger partial charge in [-0.15, -0.1) is 11.3 Å². The third-order valence-electron chi connectivity index (χ3n) is 5.80. The number of carbonyl (C=O) groups excluding carboxylic acids is 2. The first-order valence-corrected chi connectivity index (χ1v) is 12.6. The smallest absolute Gasteiger partial charge is 0.270 e. The van der Waals surface area contributed by atoms with Gasteiger partial charge in [-0.25, -0.2) is 4.98 Å². The van der Waals surface area contributed by atoms with E-state index in [4.69, 9.17) is 21.9 Å². The maximum Gasteiger partial charge on any atom is 0.270 e. The molecule has 0 radical (unpaired) electrons. The molecule has 2 amide bonds. The van der Waals surface area contributed by atoms with Crippen LogP contribution < -0.4 is 15.0 Å². The van der Waals surface area contributed by atoms with Gasteiger partial charge in [-0.2, -0.15) is 0 Å². The SMILES string of the molecule is O=C1NC(=S)N(c2ccc(Oc3ccccc3)cc2)C(=O)/C1=C/c1c(-c2ccccc2)nc2sccn12. The molecule has 1 N–H and O–H groups in total. The summed E-state index contributed by atoms with van der Waals surface area (Å²) in [7, 11) is 0. The lowest BCUT2D eigenvalue weighted by Crippen LogP contribution is -2.54. The second kappa shape index (κ2) is 9.45. The van der Waals surface area contributed by atoms with Crippen LogP contribution in [-0.4, -0.2) is 26.3 Å². The van der Waals surface area contributed by atoms with Gasteiger partial charge >= 0.3 is 0 Å². The van der Waals surface area contributed by atoms with Crippen LogP contribution in [0.15, 0.2) is 102 Å². The molecule has 0 atom stereocenters. The molecular formula is C28H18N4O3S2. The van der Waals surface area contributed by atoms with Crippen LogP contribution in [0.1, 0.15) is 5.69 Å². The predicted molar refractivity (Wildman–Crippen MR) is 148 cm³/mol. The molecule has 180 valence electrons. The minimum absolute atomic E-state index is 0.0149. The number of rotatable bonds is 5. The van der Waals surface area contributed by atoms with Crippen molar-refractivity contribution in [2.75, 3.05) is 4.90 Å². The number of nitrogens with zero attached hydrogens (tertiary/aromatic N) is 3. The Kier molecular flexibility index (Phi) is 5.84. The number of amides is 2. The number of aromatic nitrogens is 2. The van der Waals surface area contributed by atoms with Crippen LogP contribution in [0.2, 0.25) is 0 Å². The summed E-state index contributed by atoms with van der Waals surface area (Å²) in [5.41, 5.74) is 2.68. The number of para-hydroxylation sites is 1. The summed E-state index contributed by atoms with van der Waals surface area (Å²) in [6, 6.07) is 26.0. The van der Waals surface area contributed by atoms with Crippen molar-refractivity contribution < 1.29 is 14.3 Å². The Morgan fingerprint density at radius 1 is 0.892 bits per heavy atom. The highest BCUT2D eigenvalue weighted by Crippen LogP contribution is 2.31. The lowest BCUT2D eigenvalue weighted by Gasteiger charge is -2.29. The Hall–Kier alpha value is -4.60. The lowest BCUT2D eigenvalue weighted by atomic mass is 10.1. The molecule has 0 saturated carbocycles. The van der Waals surface area contributed by atoms with Crippen molar-refractivity contribution in [3.63, 3.8) is 0 Å². The normalized spacial score (nSPS) is 14.9. The summed E-state index contributed by atoms with van der Waals surface area (Å²) < 4.78 is 7.71. The zero-order chi connectivity index (χ0) is 25.4. The molecule has 3 aromatic carbocycles. The van der Waals surface area contributed by atoms with Gasteiger partial charge in [0, 0.05) is 17.1 Å². The summed E-state index contributed by atoms with van der Waals surface area (Å²) >= 11 is 6.84. The third kappa shape index (κ3) is 4.31. The average molecular weight is 523 g/mol. The number of anilines is 1. The zero-order valence-corrected chi connectivity index (χ0v) is 20.8. The number of imidazole rings is 1. The van der Waals surface area contributed by atoms with Gasteiger partial charge < -0.3 is 4.74 Å². The van der Waals surface area contributed by atoms with Crippen LogP contribution in [0.5, 0.6) is 11.5 Å². The number of nitrogens with one attached hydrogen (secondary N) is 1. The number of thiazole rings is 1. The van der Waals surface area contributed by atoms with E-state index in [0.717, 1.165) is 10.5 Å². The molecule has 0 unspecified atom stereocenters. The minimum atomic E-state index is -0.556. The second-order valence-electron chi connectivity index (χ2n) is 8.13. The fourth-order valence-electron chi connectivity index (χ4n) is 4.07. The maximum atomic E-state index is 13.6. The van der Waals surface area contributed by atoms with Gasteiger partial charge in [0.1, 0.15) is 17.1 Å². The number of ether oxygens (including phenoxy) is 1. The highest BCUT2D eigenvalue weighted by Gasteiger charge is 2.35. The van der Waals surface area contributed by atoms with Gasteiger partial charge in [0.25, 0.3) is 11.8 Å². The summed E-state index contributed by atoms with van der Waals surface area (Å²) in [6.45, 7) is 0. The molecule has 3 heterocycles. The number of hydrogen-bond donors (Lipinski definition) is 1. The summed E-state index contributed by atoms with van der Waals surface area (Å²) in [4.78, 5) is 33.4. The van der Waals surface area contributed by atoms with E-state index < -0.39 is 11.8 Å². The number of hydrogen-bond acceptors (Lipinski definition) is 6. The summed E-state index contributed by atoms with van der Waals surface area (Å²) in [5, 5.41) is 4.57. The fourth-order valence-corrected chi connectivity index (χ4v) is 5.07. The van der Waals surface area contributed by atoms with Gasteiger partial charge in [-0.3, -0.25) is 24.2 Å². The van der Waals surface area contributed by atoms with E-state index in [1.165, 1.54) is 16.2 Å². The first kappa shape index (κ1) is 22.8. The number of thiocarbonyl (C=S) groups is 1. The predicted octanol–water partition coefficient (Wildman–Crippen LogP) is 5.69. The second-order valence-corrected chi connectivity index (χ2v) is 9.39. The summed E-state index contributed by atoms with van der Waals surface area (Å²) in [6.07, 6.45) is 3.44. The molecule has 5 aromatic rings. The minimum Gasteiger partial charge on any atom is -0.457 e. The number of carbonyl (C=O) groups is 2. The monoisotopic (exact) mass is 522 g/mol. The van der Waals surface area contributed by atoms with Crippen molar-refractivity contribution >= 4 is 57.2 Å². The highest BCUT2D eigenvalue weighted by atomic mass is 32.1. The van der Waals surface area contributed by atoms with Crippen molar-refractivity contribution in [3.8, 4) is 22.8 Å². The van der Waals surface area contributed by atoms with E-state index in [-0.39, 0.29) is 10.7 Å². The molecule has 7 nitrogen and oxygen atoms in total. The largest absolute Gasteiger partial charge is 0.457 e. The van der Waals surface area contributed by atoms with Gasteiger partial charge in [0.15, 0.2) is 10.1 Å². The molecule has 1 aliphatic heterocycles. The molecule has 9 heteroatoms. The highest BCUT2D eigenvalue weighted by molar-refractivity contribution is 7.80. The zero-order valence-electron chi connectivity index (χ0n) is 19.2. The van der Waals surface area contributed by atoms with Gasteiger partial charge in [-0.05, 0) is 54.7 Å². The van der Waals surface area contributed by atoms with E-state index >= 15 is 0 Å². The first-order valence-electron chi connectivity index (χ1n) is 11.3. The Labute approximate surface area is 221 Å². The topological polar surface area (TPSA) is 75.9 Å². The van der Waals surface area contributed by atoms with Gasteiger partial charge in [0.2, 0.25) is 0 Å². The van der Waals surface area contributed by atoms with E-state index in [1.807, 2.05) is 76.6 Å². The number of benzene rings is 3. The molecule has 37 heavy (non-hydrogen) atoms. The Morgan fingerprint density at radius 2 is 1.57 bits per heavy atom. The Bertz CT molecular complexity index is 1670. The van der Waals surface area contributed by atoms with Crippen LogP contribution in [0.25, 0.3) is 22.3 Å². The van der Waals surface area contributed by atoms with Crippen LogP contribution in [0.3, 0.4) is 0 Å². The molecular weight excluding hydrogens is 504 g/mol. The van der Waals surface area contributed by atoms with Crippen LogP contribution >= 0.6 is 23.6 Å². The molecule has 0 bridgehead atoms. The van der Waals surface area contributed by atoms with Crippen molar-refractivity contribution in [1.82, 2.24) is 14.7 Å². The lowest BCUT2D eigenvalue weighted by molar-refractivity contribution is -0.122. The van der Waals surface area contributed by atoms with E-state index in [9.17, 15) is 9.59 Å². The van der Waals surface area contributed by atoms with E-state index in [0.29, 0.717) is 28.6 Å². The van der Waals surface area contributed by atoms with Crippen molar-refractivity contribution in [3.05, 3.63) is 108 Å². The fraction of sp³-hybridized carbons (Fsp3) is 0.